The van der Waals surface area contributed by atoms with Crippen LogP contribution < -0.4 is 10.5 Å². The highest BCUT2D eigenvalue weighted by atomic mass is 32.2. The lowest BCUT2D eigenvalue weighted by atomic mass is 10.1. The van der Waals surface area contributed by atoms with Gasteiger partial charge in [-0.05, 0) is 50.5 Å². The number of nitrogens with two attached hydrogens (primary N) is 1. The number of sulfonamides is 1. The molecule has 3 N–H and O–H groups in total. The molecule has 18 heavy (non-hydrogen) atoms. The molecule has 1 aromatic rings. The summed E-state index contributed by atoms with van der Waals surface area (Å²) in [6.07, 6.45) is 4.45. The summed E-state index contributed by atoms with van der Waals surface area (Å²) in [7, 11) is -3.44. The Hall–Kier alpha value is -1.33. The Morgan fingerprint density at radius 2 is 2.00 bits per heavy atom. The zero-order valence-corrected chi connectivity index (χ0v) is 11.4. The summed E-state index contributed by atoms with van der Waals surface area (Å²) in [6.45, 7) is 5.50. The summed E-state index contributed by atoms with van der Waals surface area (Å²) in [5, 5.41) is 0. The van der Waals surface area contributed by atoms with Crippen LogP contribution in [0.3, 0.4) is 0 Å². The lowest BCUT2D eigenvalue weighted by molar-refractivity contribution is 0.538. The van der Waals surface area contributed by atoms with Crippen LogP contribution in [0.5, 0.6) is 0 Å². The molecule has 1 atom stereocenters. The maximum absolute atomic E-state index is 12.0. The van der Waals surface area contributed by atoms with Crippen LogP contribution in [-0.2, 0) is 10.0 Å². The Morgan fingerprint density at radius 3 is 2.56 bits per heavy atom. The van der Waals surface area contributed by atoms with Gasteiger partial charge in [-0.1, -0.05) is 6.08 Å². The highest BCUT2D eigenvalue weighted by molar-refractivity contribution is 7.89. The van der Waals surface area contributed by atoms with Crippen molar-refractivity contribution in [3.63, 3.8) is 0 Å². The molecule has 5 heteroatoms. The van der Waals surface area contributed by atoms with Gasteiger partial charge in [0.2, 0.25) is 10.0 Å². The van der Waals surface area contributed by atoms with Gasteiger partial charge in [-0.25, -0.2) is 13.1 Å². The Labute approximate surface area is 109 Å². The lowest BCUT2D eigenvalue weighted by Gasteiger charge is -2.13. The van der Waals surface area contributed by atoms with Crippen LogP contribution in [0.15, 0.2) is 41.8 Å². The topological polar surface area (TPSA) is 72.2 Å². The Morgan fingerprint density at radius 1 is 1.39 bits per heavy atom. The predicted octanol–water partition coefficient (Wildman–Crippen LogP) is 2.29. The zero-order valence-electron chi connectivity index (χ0n) is 10.6. The first-order valence-corrected chi connectivity index (χ1v) is 7.43. The molecule has 0 fully saturated rings. The molecule has 4 nitrogen and oxygen atoms in total. The molecule has 0 saturated heterocycles. The van der Waals surface area contributed by atoms with Crippen molar-refractivity contribution in [3.05, 3.63) is 36.9 Å². The fourth-order valence-corrected chi connectivity index (χ4v) is 2.89. The summed E-state index contributed by atoms with van der Waals surface area (Å²) in [5.41, 5.74) is 6.08. The van der Waals surface area contributed by atoms with Gasteiger partial charge in [0, 0.05) is 11.7 Å². The van der Waals surface area contributed by atoms with E-state index in [1.807, 2.05) is 13.0 Å². The first-order chi connectivity index (χ1) is 8.45. The van der Waals surface area contributed by atoms with Crippen molar-refractivity contribution in [1.29, 1.82) is 0 Å². The minimum atomic E-state index is -3.44. The van der Waals surface area contributed by atoms with Gasteiger partial charge < -0.3 is 5.73 Å². The van der Waals surface area contributed by atoms with E-state index in [1.165, 1.54) is 12.1 Å². The first kappa shape index (κ1) is 14.7. The second-order valence-electron chi connectivity index (χ2n) is 4.31. The average Bonchev–Trinajstić information content (AvgIpc) is 2.29. The van der Waals surface area contributed by atoms with E-state index in [2.05, 4.69) is 11.3 Å². The van der Waals surface area contributed by atoms with Crippen molar-refractivity contribution in [3.8, 4) is 0 Å². The summed E-state index contributed by atoms with van der Waals surface area (Å²) >= 11 is 0. The van der Waals surface area contributed by atoms with Gasteiger partial charge in [0.1, 0.15) is 0 Å². The summed E-state index contributed by atoms with van der Waals surface area (Å²) < 4.78 is 26.7. The number of nitrogen functional groups attached to an aromatic ring is 1. The van der Waals surface area contributed by atoms with E-state index in [9.17, 15) is 8.42 Å². The van der Waals surface area contributed by atoms with Gasteiger partial charge in [-0.15, -0.1) is 6.58 Å². The van der Waals surface area contributed by atoms with E-state index >= 15 is 0 Å². The molecule has 0 aliphatic carbocycles. The number of unbranched alkanes of at least 4 members (excludes halogenated alkanes) is 1. The molecule has 0 heterocycles. The van der Waals surface area contributed by atoms with Crippen molar-refractivity contribution in [2.75, 3.05) is 5.73 Å². The van der Waals surface area contributed by atoms with Crippen LogP contribution in [-0.4, -0.2) is 14.5 Å². The maximum Gasteiger partial charge on any atom is 0.240 e. The van der Waals surface area contributed by atoms with Crippen molar-refractivity contribution in [1.82, 2.24) is 4.72 Å². The minimum Gasteiger partial charge on any atom is -0.399 e. The number of benzene rings is 1. The van der Waals surface area contributed by atoms with Crippen LogP contribution in [0.25, 0.3) is 0 Å². The third kappa shape index (κ3) is 4.50. The van der Waals surface area contributed by atoms with E-state index in [1.54, 1.807) is 12.1 Å². The fraction of sp³-hybridized carbons (Fsp3) is 0.385. The van der Waals surface area contributed by atoms with Gasteiger partial charge in [-0.2, -0.15) is 0 Å². The highest BCUT2D eigenvalue weighted by Crippen LogP contribution is 2.13. The van der Waals surface area contributed by atoms with E-state index in [0.717, 1.165) is 19.3 Å². The number of nitrogens with one attached hydrogen (secondary N) is 1. The summed E-state index contributed by atoms with van der Waals surface area (Å²) in [6, 6.07) is 6.09. The number of allylic oxidation sites excluding steroid dienone is 1. The highest BCUT2D eigenvalue weighted by Gasteiger charge is 2.16. The van der Waals surface area contributed by atoms with Crippen LogP contribution >= 0.6 is 0 Å². The smallest absolute Gasteiger partial charge is 0.240 e. The van der Waals surface area contributed by atoms with Gasteiger partial charge >= 0.3 is 0 Å². The first-order valence-electron chi connectivity index (χ1n) is 5.94. The lowest BCUT2D eigenvalue weighted by Crippen LogP contribution is -2.32. The molecule has 100 valence electrons. The standard InChI is InChI=1S/C13H20N2O2S/c1-3-4-5-6-11(2)15-18(16,17)13-9-7-12(14)8-10-13/h3,7-11,15H,1,4-6,14H2,2H3/t11-/m1/s1. The predicted molar refractivity (Wildman–Crippen MR) is 74.7 cm³/mol. The van der Waals surface area contributed by atoms with Gasteiger partial charge in [0.05, 0.1) is 4.90 Å². The maximum atomic E-state index is 12.0. The Bertz CT molecular complexity index is 480. The average molecular weight is 268 g/mol. The fourth-order valence-electron chi connectivity index (χ4n) is 1.61. The van der Waals surface area contributed by atoms with Gasteiger partial charge in [0.15, 0.2) is 0 Å². The molecule has 1 rings (SSSR count). The number of hydrogen-bond donors (Lipinski definition) is 2. The molecule has 0 bridgehead atoms. The monoisotopic (exact) mass is 268 g/mol. The van der Waals surface area contributed by atoms with Crippen molar-refractivity contribution < 1.29 is 8.42 Å². The molecule has 0 radical (unpaired) electrons. The van der Waals surface area contributed by atoms with Crippen LogP contribution in [0.4, 0.5) is 5.69 Å². The quantitative estimate of drug-likeness (QED) is 0.453. The van der Waals surface area contributed by atoms with Crippen LogP contribution in [0.2, 0.25) is 0 Å². The molecule has 0 unspecified atom stereocenters. The third-order valence-corrected chi connectivity index (χ3v) is 4.20. The normalized spacial score (nSPS) is 13.2. The molecular weight excluding hydrogens is 248 g/mol. The third-order valence-electron chi connectivity index (χ3n) is 2.59. The number of anilines is 1. The van der Waals surface area contributed by atoms with E-state index in [-0.39, 0.29) is 10.9 Å². The van der Waals surface area contributed by atoms with E-state index < -0.39 is 10.0 Å². The molecule has 0 aliphatic rings. The SMILES string of the molecule is C=CCCC[C@@H](C)NS(=O)(=O)c1ccc(N)cc1. The van der Waals surface area contributed by atoms with Crippen LogP contribution in [0.1, 0.15) is 26.2 Å². The van der Waals surface area contributed by atoms with Crippen molar-refractivity contribution in [2.24, 2.45) is 0 Å². The number of hydrogen-bond acceptors (Lipinski definition) is 3. The molecule has 1 aromatic carbocycles. The second kappa shape index (κ2) is 6.56. The Balaban J connectivity index is 2.64. The van der Waals surface area contributed by atoms with E-state index in [4.69, 9.17) is 5.73 Å². The van der Waals surface area contributed by atoms with Gasteiger partial charge in [-0.3, -0.25) is 0 Å². The van der Waals surface area contributed by atoms with Crippen LogP contribution in [0, 0.1) is 0 Å². The summed E-state index contributed by atoms with van der Waals surface area (Å²) in [4.78, 5) is 0.243. The second-order valence-corrected chi connectivity index (χ2v) is 6.02. The molecular formula is C13H20N2O2S. The van der Waals surface area contributed by atoms with Gasteiger partial charge in [0.25, 0.3) is 0 Å². The molecule has 0 aliphatic heterocycles. The molecule has 0 amide bonds. The summed E-state index contributed by atoms with van der Waals surface area (Å²) in [5.74, 6) is 0. The zero-order chi connectivity index (χ0) is 13.6. The van der Waals surface area contributed by atoms with Crippen molar-refractivity contribution in [2.45, 2.75) is 37.1 Å². The largest absolute Gasteiger partial charge is 0.399 e. The molecule has 0 aromatic heterocycles. The number of rotatable bonds is 7. The Kier molecular flexibility index (Phi) is 5.37. The molecule has 0 spiro atoms. The van der Waals surface area contributed by atoms with Crippen molar-refractivity contribution >= 4 is 15.7 Å². The van der Waals surface area contributed by atoms with E-state index in [0.29, 0.717) is 5.69 Å². The molecule has 0 saturated carbocycles. The minimum absolute atomic E-state index is 0.0903.